The number of hydrogen-bond acceptors (Lipinski definition) is 3. The van der Waals surface area contributed by atoms with Gasteiger partial charge in [0, 0.05) is 24.5 Å². The van der Waals surface area contributed by atoms with Crippen LogP contribution in [0.25, 0.3) is 0 Å². The second kappa shape index (κ2) is 6.02. The summed E-state index contributed by atoms with van der Waals surface area (Å²) in [6.07, 6.45) is 7.01. The summed E-state index contributed by atoms with van der Waals surface area (Å²) in [5.74, 6) is 0.908. The fourth-order valence-electron chi connectivity index (χ4n) is 3.19. The van der Waals surface area contributed by atoms with Crippen molar-refractivity contribution in [2.24, 2.45) is 5.92 Å². The molecule has 3 N–H and O–H groups in total. The molecule has 1 heterocycles. The first-order valence-electron chi connectivity index (χ1n) is 7.29. The van der Waals surface area contributed by atoms with Crippen molar-refractivity contribution in [1.29, 1.82) is 0 Å². The van der Waals surface area contributed by atoms with Gasteiger partial charge in [0.05, 0.1) is 6.61 Å². The maximum atomic E-state index is 11.6. The van der Waals surface area contributed by atoms with Gasteiger partial charge in [0.25, 0.3) is 0 Å². The molecule has 0 spiro atoms. The van der Waals surface area contributed by atoms with Crippen molar-refractivity contribution in [1.82, 2.24) is 10.6 Å². The molecule has 0 aromatic carbocycles. The van der Waals surface area contributed by atoms with Gasteiger partial charge in [-0.1, -0.05) is 6.92 Å². The molecule has 4 heteroatoms. The van der Waals surface area contributed by atoms with Gasteiger partial charge in [0.1, 0.15) is 0 Å². The molecule has 1 saturated carbocycles. The van der Waals surface area contributed by atoms with E-state index in [-0.39, 0.29) is 24.1 Å². The zero-order valence-corrected chi connectivity index (χ0v) is 11.4. The number of carbonyl (C=O) groups is 1. The maximum Gasteiger partial charge on any atom is 0.221 e. The third-order valence-corrected chi connectivity index (χ3v) is 4.53. The lowest BCUT2D eigenvalue weighted by atomic mass is 9.77. The van der Waals surface area contributed by atoms with Crippen LogP contribution in [0.3, 0.4) is 0 Å². The lowest BCUT2D eigenvalue weighted by molar-refractivity contribution is -0.121. The maximum absolute atomic E-state index is 11.6. The predicted octanol–water partition coefficient (Wildman–Crippen LogP) is 1.19. The Morgan fingerprint density at radius 3 is 2.78 bits per heavy atom. The first-order chi connectivity index (χ1) is 8.63. The highest BCUT2D eigenvalue weighted by Gasteiger charge is 2.35. The van der Waals surface area contributed by atoms with E-state index in [1.807, 2.05) is 0 Å². The molecule has 0 radical (unpaired) electrons. The van der Waals surface area contributed by atoms with Crippen molar-refractivity contribution >= 4 is 5.91 Å². The molecule has 0 bridgehead atoms. The number of amides is 1. The van der Waals surface area contributed by atoms with E-state index >= 15 is 0 Å². The van der Waals surface area contributed by atoms with Crippen LogP contribution in [0.15, 0.2) is 0 Å². The zero-order chi connectivity index (χ0) is 13.0. The SMILES string of the molecule is CC1CCC(CO)(NC2CCCNC(=O)C2)CC1. The van der Waals surface area contributed by atoms with Gasteiger partial charge >= 0.3 is 0 Å². The van der Waals surface area contributed by atoms with Crippen LogP contribution in [0.5, 0.6) is 0 Å². The Kier molecular flexibility index (Phi) is 4.62. The first-order valence-corrected chi connectivity index (χ1v) is 7.29. The number of aliphatic hydroxyl groups is 1. The molecule has 4 nitrogen and oxygen atoms in total. The summed E-state index contributed by atoms with van der Waals surface area (Å²) in [5, 5.41) is 16.2. The molecule has 0 aromatic rings. The molecule has 104 valence electrons. The average molecular weight is 254 g/mol. The van der Waals surface area contributed by atoms with E-state index in [0.29, 0.717) is 6.42 Å². The summed E-state index contributed by atoms with van der Waals surface area (Å²) in [6, 6.07) is 0.230. The van der Waals surface area contributed by atoms with Gasteiger partial charge in [0.15, 0.2) is 0 Å². The number of nitrogens with one attached hydrogen (secondary N) is 2. The Morgan fingerprint density at radius 2 is 2.11 bits per heavy atom. The van der Waals surface area contributed by atoms with E-state index in [4.69, 9.17) is 0 Å². The van der Waals surface area contributed by atoms with Crippen LogP contribution < -0.4 is 10.6 Å². The van der Waals surface area contributed by atoms with Gasteiger partial charge in [-0.3, -0.25) is 4.79 Å². The highest BCUT2D eigenvalue weighted by Crippen LogP contribution is 2.32. The van der Waals surface area contributed by atoms with Crippen molar-refractivity contribution in [3.05, 3.63) is 0 Å². The Labute approximate surface area is 110 Å². The van der Waals surface area contributed by atoms with Gasteiger partial charge < -0.3 is 15.7 Å². The van der Waals surface area contributed by atoms with Crippen molar-refractivity contribution in [2.45, 2.75) is 63.5 Å². The summed E-state index contributed by atoms with van der Waals surface area (Å²) in [7, 11) is 0. The van der Waals surface area contributed by atoms with E-state index in [9.17, 15) is 9.90 Å². The predicted molar refractivity (Wildman–Crippen MR) is 71.2 cm³/mol. The number of aliphatic hydroxyl groups excluding tert-OH is 1. The van der Waals surface area contributed by atoms with Crippen LogP contribution in [-0.2, 0) is 4.79 Å². The molecule has 2 aliphatic rings. The molecule has 2 rings (SSSR count). The Bertz CT molecular complexity index is 286. The van der Waals surface area contributed by atoms with Crippen LogP contribution >= 0.6 is 0 Å². The zero-order valence-electron chi connectivity index (χ0n) is 11.4. The van der Waals surface area contributed by atoms with E-state index in [0.717, 1.165) is 38.1 Å². The molecular formula is C14H26N2O2. The first kappa shape index (κ1) is 13.8. The second-order valence-corrected chi connectivity index (χ2v) is 6.16. The minimum absolute atomic E-state index is 0.137. The number of rotatable bonds is 3. The summed E-state index contributed by atoms with van der Waals surface area (Å²) in [5.41, 5.74) is -0.137. The molecule has 1 saturated heterocycles. The minimum Gasteiger partial charge on any atom is -0.394 e. The standard InChI is InChI=1S/C14H26N2O2/c1-11-4-6-14(10-17,7-5-11)16-12-3-2-8-15-13(18)9-12/h11-12,16-17H,2-10H2,1H3,(H,15,18). The minimum atomic E-state index is -0.137. The Morgan fingerprint density at radius 1 is 1.39 bits per heavy atom. The Balaban J connectivity index is 1.94. The Hall–Kier alpha value is -0.610. The lowest BCUT2D eigenvalue weighted by Crippen LogP contribution is -2.55. The summed E-state index contributed by atoms with van der Waals surface area (Å²) in [6.45, 7) is 3.26. The molecule has 18 heavy (non-hydrogen) atoms. The third-order valence-electron chi connectivity index (χ3n) is 4.53. The van der Waals surface area contributed by atoms with Crippen LogP contribution in [0, 0.1) is 5.92 Å². The largest absolute Gasteiger partial charge is 0.394 e. The fraction of sp³-hybridized carbons (Fsp3) is 0.929. The van der Waals surface area contributed by atoms with Gasteiger partial charge in [0.2, 0.25) is 5.91 Å². The highest BCUT2D eigenvalue weighted by atomic mass is 16.3. The molecule has 2 fully saturated rings. The third kappa shape index (κ3) is 3.45. The van der Waals surface area contributed by atoms with Crippen LogP contribution in [-0.4, -0.2) is 35.7 Å². The van der Waals surface area contributed by atoms with E-state index < -0.39 is 0 Å². The van der Waals surface area contributed by atoms with E-state index in [2.05, 4.69) is 17.6 Å². The van der Waals surface area contributed by atoms with E-state index in [1.54, 1.807) is 0 Å². The van der Waals surface area contributed by atoms with Crippen molar-refractivity contribution < 1.29 is 9.90 Å². The van der Waals surface area contributed by atoms with Gasteiger partial charge in [-0.05, 0) is 44.4 Å². The lowest BCUT2D eigenvalue weighted by Gasteiger charge is -2.41. The number of hydrogen-bond donors (Lipinski definition) is 3. The highest BCUT2D eigenvalue weighted by molar-refractivity contribution is 5.76. The molecular weight excluding hydrogens is 228 g/mol. The van der Waals surface area contributed by atoms with Crippen molar-refractivity contribution in [3.63, 3.8) is 0 Å². The van der Waals surface area contributed by atoms with Gasteiger partial charge in [-0.2, -0.15) is 0 Å². The van der Waals surface area contributed by atoms with Crippen molar-refractivity contribution in [3.8, 4) is 0 Å². The normalized spacial score (nSPS) is 38.0. The molecule has 1 unspecified atom stereocenters. The van der Waals surface area contributed by atoms with E-state index in [1.165, 1.54) is 12.8 Å². The smallest absolute Gasteiger partial charge is 0.221 e. The average Bonchev–Trinajstić information content (AvgIpc) is 2.57. The molecule has 1 atom stereocenters. The van der Waals surface area contributed by atoms with Crippen LogP contribution in [0.1, 0.15) is 51.9 Å². The molecule has 0 aromatic heterocycles. The van der Waals surface area contributed by atoms with Gasteiger partial charge in [-0.25, -0.2) is 0 Å². The van der Waals surface area contributed by atoms with Crippen LogP contribution in [0.4, 0.5) is 0 Å². The van der Waals surface area contributed by atoms with Gasteiger partial charge in [-0.15, -0.1) is 0 Å². The molecule has 1 amide bonds. The van der Waals surface area contributed by atoms with Crippen molar-refractivity contribution in [2.75, 3.05) is 13.2 Å². The molecule has 1 aliphatic heterocycles. The summed E-state index contributed by atoms with van der Waals surface area (Å²) < 4.78 is 0. The summed E-state index contributed by atoms with van der Waals surface area (Å²) >= 11 is 0. The second-order valence-electron chi connectivity index (χ2n) is 6.16. The number of carbonyl (C=O) groups excluding carboxylic acids is 1. The summed E-state index contributed by atoms with van der Waals surface area (Å²) in [4.78, 5) is 11.6. The quantitative estimate of drug-likeness (QED) is 0.709. The van der Waals surface area contributed by atoms with Crippen LogP contribution in [0.2, 0.25) is 0 Å². The fourth-order valence-corrected chi connectivity index (χ4v) is 3.19. The molecule has 1 aliphatic carbocycles. The monoisotopic (exact) mass is 254 g/mol. The topological polar surface area (TPSA) is 61.4 Å².